The molecule has 23 heavy (non-hydrogen) atoms. The molecule has 0 aliphatic heterocycles. The number of carbonyl (C=O) groups excluding carboxylic acids is 1. The Hall–Kier alpha value is -2.60. The molecule has 5 nitrogen and oxygen atoms in total. The van der Waals surface area contributed by atoms with E-state index in [1.54, 1.807) is 36.4 Å². The minimum absolute atomic E-state index is 0.00628. The van der Waals surface area contributed by atoms with E-state index in [1.807, 2.05) is 0 Å². The van der Waals surface area contributed by atoms with Crippen LogP contribution in [0.4, 0.5) is 5.69 Å². The molecule has 0 aromatic heterocycles. The number of aromatic carboxylic acids is 1. The Bertz CT molecular complexity index is 758. The molecule has 2 N–H and O–H groups in total. The fraction of sp³-hybridized carbons (Fsp3) is 0.0588. The standard InChI is InChI=1S/C17H14BrNO4/c1-2-8-23-13-5-3-4-11(9-13)16(20)19-15-7-6-12(18)10-14(15)17(21)22/h2-7,9-10H,1,8H2,(H,19,20)(H,21,22). The van der Waals surface area contributed by atoms with Crippen molar-refractivity contribution in [3.63, 3.8) is 0 Å². The van der Waals surface area contributed by atoms with Gasteiger partial charge in [0.05, 0.1) is 11.3 Å². The summed E-state index contributed by atoms with van der Waals surface area (Å²) in [6.45, 7) is 3.89. The summed E-state index contributed by atoms with van der Waals surface area (Å²) in [6.07, 6.45) is 1.60. The zero-order chi connectivity index (χ0) is 16.8. The molecule has 2 aromatic carbocycles. The highest BCUT2D eigenvalue weighted by molar-refractivity contribution is 9.10. The number of hydrogen-bond acceptors (Lipinski definition) is 3. The normalized spacial score (nSPS) is 9.96. The number of rotatable bonds is 6. The molecule has 118 valence electrons. The third-order valence-corrected chi connectivity index (χ3v) is 3.42. The van der Waals surface area contributed by atoms with Gasteiger partial charge in [0, 0.05) is 10.0 Å². The van der Waals surface area contributed by atoms with Crippen molar-refractivity contribution in [3.05, 3.63) is 70.7 Å². The lowest BCUT2D eigenvalue weighted by molar-refractivity contribution is 0.0698. The van der Waals surface area contributed by atoms with Crippen molar-refractivity contribution >= 4 is 33.5 Å². The van der Waals surface area contributed by atoms with Crippen LogP contribution in [0.15, 0.2) is 59.6 Å². The molecule has 0 atom stereocenters. The van der Waals surface area contributed by atoms with Gasteiger partial charge in [0.2, 0.25) is 0 Å². The lowest BCUT2D eigenvalue weighted by Crippen LogP contribution is -2.15. The summed E-state index contributed by atoms with van der Waals surface area (Å²) in [5, 5.41) is 11.8. The number of ether oxygens (including phenoxy) is 1. The summed E-state index contributed by atoms with van der Waals surface area (Å²) in [4.78, 5) is 23.6. The van der Waals surface area contributed by atoms with Gasteiger partial charge in [-0.1, -0.05) is 34.7 Å². The van der Waals surface area contributed by atoms with Gasteiger partial charge in [0.25, 0.3) is 5.91 Å². The maximum Gasteiger partial charge on any atom is 0.337 e. The number of hydrogen-bond donors (Lipinski definition) is 2. The maximum atomic E-state index is 12.3. The molecule has 1 amide bonds. The van der Waals surface area contributed by atoms with E-state index in [2.05, 4.69) is 27.8 Å². The lowest BCUT2D eigenvalue weighted by Gasteiger charge is -2.10. The highest BCUT2D eigenvalue weighted by Gasteiger charge is 2.14. The Morgan fingerprint density at radius 3 is 2.74 bits per heavy atom. The molecule has 0 bridgehead atoms. The van der Waals surface area contributed by atoms with Crippen LogP contribution in [0.2, 0.25) is 0 Å². The summed E-state index contributed by atoms with van der Waals surface area (Å²) in [6, 6.07) is 11.2. The molecule has 0 saturated carbocycles. The number of anilines is 1. The molecule has 0 aliphatic carbocycles. The van der Waals surface area contributed by atoms with Gasteiger partial charge >= 0.3 is 5.97 Å². The average Bonchev–Trinajstić information content (AvgIpc) is 2.54. The van der Waals surface area contributed by atoms with Crippen molar-refractivity contribution in [3.8, 4) is 5.75 Å². The summed E-state index contributed by atoms with van der Waals surface area (Å²) >= 11 is 3.21. The first-order valence-electron chi connectivity index (χ1n) is 6.69. The molecule has 6 heteroatoms. The second kappa shape index (κ2) is 7.60. The van der Waals surface area contributed by atoms with Crippen molar-refractivity contribution in [2.45, 2.75) is 0 Å². The zero-order valence-electron chi connectivity index (χ0n) is 12.1. The van der Waals surface area contributed by atoms with E-state index in [0.717, 1.165) is 0 Å². The minimum atomic E-state index is -1.12. The van der Waals surface area contributed by atoms with E-state index in [0.29, 0.717) is 22.4 Å². The van der Waals surface area contributed by atoms with Crippen LogP contribution >= 0.6 is 15.9 Å². The minimum Gasteiger partial charge on any atom is -0.490 e. The zero-order valence-corrected chi connectivity index (χ0v) is 13.7. The van der Waals surface area contributed by atoms with Crippen LogP contribution < -0.4 is 10.1 Å². The van der Waals surface area contributed by atoms with E-state index < -0.39 is 11.9 Å². The molecule has 0 unspecified atom stereocenters. The van der Waals surface area contributed by atoms with Gasteiger partial charge in [-0.15, -0.1) is 0 Å². The smallest absolute Gasteiger partial charge is 0.337 e. The molecule has 0 aliphatic rings. The highest BCUT2D eigenvalue weighted by Crippen LogP contribution is 2.22. The van der Waals surface area contributed by atoms with Gasteiger partial charge in [0.1, 0.15) is 12.4 Å². The third-order valence-electron chi connectivity index (χ3n) is 2.92. The second-order valence-electron chi connectivity index (χ2n) is 4.58. The summed E-state index contributed by atoms with van der Waals surface area (Å²) in [5.41, 5.74) is 0.598. The van der Waals surface area contributed by atoms with Crippen LogP contribution in [-0.4, -0.2) is 23.6 Å². The van der Waals surface area contributed by atoms with E-state index >= 15 is 0 Å². The molecular formula is C17H14BrNO4. The quantitative estimate of drug-likeness (QED) is 0.749. The molecule has 0 spiro atoms. The van der Waals surface area contributed by atoms with Crippen LogP contribution in [0.1, 0.15) is 20.7 Å². The number of carboxylic acid groups (broad SMARTS) is 1. The Morgan fingerprint density at radius 2 is 2.04 bits per heavy atom. The van der Waals surface area contributed by atoms with Crippen LogP contribution in [0.25, 0.3) is 0 Å². The monoisotopic (exact) mass is 375 g/mol. The number of halogens is 1. The molecular weight excluding hydrogens is 362 g/mol. The summed E-state index contributed by atoms with van der Waals surface area (Å²) < 4.78 is 5.99. The average molecular weight is 376 g/mol. The van der Waals surface area contributed by atoms with Crippen molar-refractivity contribution in [2.24, 2.45) is 0 Å². The maximum absolute atomic E-state index is 12.3. The Morgan fingerprint density at radius 1 is 1.26 bits per heavy atom. The van der Waals surface area contributed by atoms with E-state index in [9.17, 15) is 14.7 Å². The largest absolute Gasteiger partial charge is 0.490 e. The molecule has 0 fully saturated rings. The predicted octanol–water partition coefficient (Wildman–Crippen LogP) is 3.96. The van der Waals surface area contributed by atoms with Gasteiger partial charge in [0.15, 0.2) is 0 Å². The number of carbonyl (C=O) groups is 2. The van der Waals surface area contributed by atoms with Gasteiger partial charge in [-0.05, 0) is 36.4 Å². The van der Waals surface area contributed by atoms with Gasteiger partial charge in [-0.2, -0.15) is 0 Å². The number of amides is 1. The SMILES string of the molecule is C=CCOc1cccc(C(=O)Nc2ccc(Br)cc2C(=O)O)c1. The number of benzene rings is 2. The predicted molar refractivity (Wildman–Crippen MR) is 91.2 cm³/mol. The Balaban J connectivity index is 2.22. The molecule has 2 rings (SSSR count). The van der Waals surface area contributed by atoms with Crippen LogP contribution in [0.5, 0.6) is 5.75 Å². The Kier molecular flexibility index (Phi) is 5.54. The van der Waals surface area contributed by atoms with Crippen LogP contribution in [-0.2, 0) is 0 Å². The Labute approximate surface area is 141 Å². The van der Waals surface area contributed by atoms with Crippen LogP contribution in [0.3, 0.4) is 0 Å². The van der Waals surface area contributed by atoms with Crippen molar-refractivity contribution in [2.75, 3.05) is 11.9 Å². The fourth-order valence-corrected chi connectivity index (χ4v) is 2.24. The molecule has 0 radical (unpaired) electrons. The molecule has 0 heterocycles. The molecule has 2 aromatic rings. The van der Waals surface area contributed by atoms with Gasteiger partial charge < -0.3 is 15.2 Å². The third kappa shape index (κ3) is 4.43. The van der Waals surface area contributed by atoms with E-state index in [1.165, 1.54) is 12.1 Å². The second-order valence-corrected chi connectivity index (χ2v) is 5.49. The number of carboxylic acids is 1. The first-order chi connectivity index (χ1) is 11.0. The first-order valence-corrected chi connectivity index (χ1v) is 7.48. The van der Waals surface area contributed by atoms with Crippen molar-refractivity contribution < 1.29 is 19.4 Å². The fourth-order valence-electron chi connectivity index (χ4n) is 1.88. The molecule has 0 saturated heterocycles. The topological polar surface area (TPSA) is 75.6 Å². The summed E-state index contributed by atoms with van der Waals surface area (Å²) in [5.74, 6) is -1.00. The van der Waals surface area contributed by atoms with Gasteiger partial charge in [-0.25, -0.2) is 4.79 Å². The van der Waals surface area contributed by atoms with E-state index in [-0.39, 0.29) is 11.3 Å². The summed E-state index contributed by atoms with van der Waals surface area (Å²) in [7, 11) is 0. The van der Waals surface area contributed by atoms with E-state index in [4.69, 9.17) is 4.74 Å². The number of nitrogens with one attached hydrogen (secondary N) is 1. The van der Waals surface area contributed by atoms with Crippen molar-refractivity contribution in [1.82, 2.24) is 0 Å². The van der Waals surface area contributed by atoms with Crippen molar-refractivity contribution in [1.29, 1.82) is 0 Å². The van der Waals surface area contributed by atoms with Gasteiger partial charge in [-0.3, -0.25) is 4.79 Å². The van der Waals surface area contributed by atoms with Crippen LogP contribution in [0, 0.1) is 0 Å². The first kappa shape index (κ1) is 16.8. The highest BCUT2D eigenvalue weighted by atomic mass is 79.9. The lowest BCUT2D eigenvalue weighted by atomic mass is 10.1.